The third-order valence-corrected chi connectivity index (χ3v) is 4.14. The minimum atomic E-state index is 0.0311. The quantitative estimate of drug-likeness (QED) is 0.527. The molecular weight excluding hydrogens is 256 g/mol. The van der Waals surface area contributed by atoms with Gasteiger partial charge in [-0.2, -0.15) is 11.8 Å². The minimum Gasteiger partial charge on any atom is -0.295 e. The molecule has 0 bridgehead atoms. The molecule has 0 saturated carbocycles. The van der Waals surface area contributed by atoms with Gasteiger partial charge in [-0.25, -0.2) is 0 Å². The fourth-order valence-corrected chi connectivity index (χ4v) is 2.58. The van der Waals surface area contributed by atoms with Crippen molar-refractivity contribution in [1.29, 1.82) is 0 Å². The highest BCUT2D eigenvalue weighted by atomic mass is 32.2. The zero-order valence-corrected chi connectivity index (χ0v) is 12.8. The molecule has 0 saturated heterocycles. The highest BCUT2D eigenvalue weighted by molar-refractivity contribution is 7.99. The average Bonchev–Trinajstić information content (AvgIpc) is 2.42. The van der Waals surface area contributed by atoms with E-state index in [0.717, 1.165) is 24.3 Å². The van der Waals surface area contributed by atoms with Crippen LogP contribution in [0.5, 0.6) is 0 Å². The van der Waals surface area contributed by atoms with E-state index in [-0.39, 0.29) is 17.5 Å². The van der Waals surface area contributed by atoms with Crippen LogP contribution in [-0.2, 0) is 0 Å². The third kappa shape index (κ3) is 5.19. The van der Waals surface area contributed by atoms with Crippen molar-refractivity contribution in [3.8, 4) is 0 Å². The molecule has 0 radical (unpaired) electrons. The van der Waals surface area contributed by atoms with Crippen LogP contribution in [0.15, 0.2) is 24.3 Å². The summed E-state index contributed by atoms with van der Waals surface area (Å²) in [6.45, 7) is 5.67. The standard InChI is InChI=1S/C16H22O2S/c1-4-19-11-5-6-12(2)16(18)15-9-7-14(8-10-15)13(3)17/h7-10,12H,4-6,11H2,1-3H3. The first-order valence-electron chi connectivity index (χ1n) is 6.79. The maximum Gasteiger partial charge on any atom is 0.165 e. The first kappa shape index (κ1) is 16.0. The summed E-state index contributed by atoms with van der Waals surface area (Å²) in [5.74, 6) is 2.52. The molecule has 1 aromatic rings. The first-order valence-corrected chi connectivity index (χ1v) is 7.94. The molecule has 3 heteroatoms. The second kappa shape index (κ2) is 8.16. The molecule has 0 heterocycles. The molecule has 19 heavy (non-hydrogen) atoms. The highest BCUT2D eigenvalue weighted by Gasteiger charge is 2.14. The van der Waals surface area contributed by atoms with Gasteiger partial charge in [-0.05, 0) is 31.3 Å². The van der Waals surface area contributed by atoms with Gasteiger partial charge in [0.25, 0.3) is 0 Å². The number of ketones is 2. The first-order chi connectivity index (χ1) is 9.06. The summed E-state index contributed by atoms with van der Waals surface area (Å²) >= 11 is 1.91. The number of benzene rings is 1. The van der Waals surface area contributed by atoms with Crippen LogP contribution in [0.4, 0.5) is 0 Å². The Morgan fingerprint density at radius 1 is 1.16 bits per heavy atom. The minimum absolute atomic E-state index is 0.0311. The number of thioether (sulfide) groups is 1. The summed E-state index contributed by atoms with van der Waals surface area (Å²) in [5, 5.41) is 0. The van der Waals surface area contributed by atoms with Crippen molar-refractivity contribution >= 4 is 23.3 Å². The molecule has 1 rings (SSSR count). The van der Waals surface area contributed by atoms with Crippen LogP contribution in [0.2, 0.25) is 0 Å². The van der Waals surface area contributed by atoms with E-state index in [1.807, 2.05) is 18.7 Å². The van der Waals surface area contributed by atoms with E-state index in [1.165, 1.54) is 6.92 Å². The maximum absolute atomic E-state index is 12.2. The Bertz CT molecular complexity index is 423. The molecule has 0 N–H and O–H groups in total. The highest BCUT2D eigenvalue weighted by Crippen LogP contribution is 2.16. The molecule has 0 fully saturated rings. The van der Waals surface area contributed by atoms with Gasteiger partial charge < -0.3 is 0 Å². The predicted octanol–water partition coefficient (Wildman–Crippen LogP) is 4.24. The fourth-order valence-electron chi connectivity index (χ4n) is 1.92. The predicted molar refractivity (Wildman–Crippen MR) is 82.2 cm³/mol. The molecule has 0 aromatic heterocycles. The average molecular weight is 278 g/mol. The Hall–Kier alpha value is -1.09. The van der Waals surface area contributed by atoms with Gasteiger partial charge >= 0.3 is 0 Å². The summed E-state index contributed by atoms with van der Waals surface area (Å²) in [5.41, 5.74) is 1.36. The Morgan fingerprint density at radius 2 is 1.74 bits per heavy atom. The fraction of sp³-hybridized carbons (Fsp3) is 0.500. The summed E-state index contributed by atoms with van der Waals surface area (Å²) in [6, 6.07) is 6.98. The Morgan fingerprint density at radius 3 is 2.26 bits per heavy atom. The van der Waals surface area contributed by atoms with Crippen molar-refractivity contribution in [3.63, 3.8) is 0 Å². The zero-order chi connectivity index (χ0) is 14.3. The summed E-state index contributed by atoms with van der Waals surface area (Å²) in [7, 11) is 0. The molecule has 0 aliphatic heterocycles. The van der Waals surface area contributed by atoms with Crippen LogP contribution in [0.25, 0.3) is 0 Å². The van der Waals surface area contributed by atoms with Gasteiger partial charge in [-0.15, -0.1) is 0 Å². The lowest BCUT2D eigenvalue weighted by atomic mass is 9.94. The Balaban J connectivity index is 2.54. The molecule has 104 valence electrons. The molecule has 0 aliphatic carbocycles. The van der Waals surface area contributed by atoms with Gasteiger partial charge in [0.15, 0.2) is 11.6 Å². The van der Waals surface area contributed by atoms with E-state index in [4.69, 9.17) is 0 Å². The lowest BCUT2D eigenvalue weighted by molar-refractivity contribution is 0.0922. The third-order valence-electron chi connectivity index (χ3n) is 3.15. The molecule has 0 spiro atoms. The number of hydrogen-bond donors (Lipinski definition) is 0. The number of carbonyl (C=O) groups excluding carboxylic acids is 2. The van der Waals surface area contributed by atoms with Crippen LogP contribution in [-0.4, -0.2) is 23.1 Å². The van der Waals surface area contributed by atoms with Crippen molar-refractivity contribution in [1.82, 2.24) is 0 Å². The van der Waals surface area contributed by atoms with E-state index in [1.54, 1.807) is 24.3 Å². The van der Waals surface area contributed by atoms with E-state index < -0.39 is 0 Å². The molecular formula is C16H22O2S. The molecule has 1 unspecified atom stereocenters. The number of hydrogen-bond acceptors (Lipinski definition) is 3. The molecule has 1 aromatic carbocycles. The lowest BCUT2D eigenvalue weighted by Crippen LogP contribution is -2.11. The zero-order valence-electron chi connectivity index (χ0n) is 11.9. The van der Waals surface area contributed by atoms with Gasteiger partial charge in [-0.1, -0.05) is 38.1 Å². The topological polar surface area (TPSA) is 34.1 Å². The number of Topliss-reactive ketones (excluding diaryl/α,β-unsaturated/α-hetero) is 2. The summed E-state index contributed by atoms with van der Waals surface area (Å²) < 4.78 is 0. The van der Waals surface area contributed by atoms with Gasteiger partial charge in [0.1, 0.15) is 0 Å². The number of rotatable bonds is 8. The molecule has 2 nitrogen and oxygen atoms in total. The number of carbonyl (C=O) groups is 2. The van der Waals surface area contributed by atoms with Gasteiger partial charge in [-0.3, -0.25) is 9.59 Å². The summed E-state index contributed by atoms with van der Waals surface area (Å²) in [6.07, 6.45) is 2.01. The van der Waals surface area contributed by atoms with Crippen LogP contribution in [0.3, 0.4) is 0 Å². The van der Waals surface area contributed by atoms with Crippen LogP contribution < -0.4 is 0 Å². The van der Waals surface area contributed by atoms with E-state index in [2.05, 4.69) is 6.92 Å². The SMILES string of the molecule is CCSCCCC(C)C(=O)c1ccc(C(C)=O)cc1. The Kier molecular flexibility index (Phi) is 6.85. The van der Waals surface area contributed by atoms with Crippen LogP contribution in [0.1, 0.15) is 54.3 Å². The van der Waals surface area contributed by atoms with Crippen LogP contribution in [0, 0.1) is 5.92 Å². The smallest absolute Gasteiger partial charge is 0.165 e. The second-order valence-corrected chi connectivity index (χ2v) is 6.13. The largest absolute Gasteiger partial charge is 0.295 e. The molecule has 1 atom stereocenters. The van der Waals surface area contributed by atoms with Gasteiger partial charge in [0, 0.05) is 17.0 Å². The van der Waals surface area contributed by atoms with Crippen molar-refractivity contribution in [2.45, 2.75) is 33.6 Å². The monoisotopic (exact) mass is 278 g/mol. The van der Waals surface area contributed by atoms with E-state index >= 15 is 0 Å². The normalized spacial score (nSPS) is 12.2. The second-order valence-electron chi connectivity index (χ2n) is 4.74. The molecule has 0 aliphatic rings. The maximum atomic E-state index is 12.2. The van der Waals surface area contributed by atoms with Crippen LogP contribution >= 0.6 is 11.8 Å². The van der Waals surface area contributed by atoms with E-state index in [0.29, 0.717) is 11.1 Å². The van der Waals surface area contributed by atoms with Crippen molar-refractivity contribution in [3.05, 3.63) is 35.4 Å². The summed E-state index contributed by atoms with van der Waals surface area (Å²) in [4.78, 5) is 23.4. The van der Waals surface area contributed by atoms with Gasteiger partial charge in [0.05, 0.1) is 0 Å². The lowest BCUT2D eigenvalue weighted by Gasteiger charge is -2.10. The van der Waals surface area contributed by atoms with E-state index in [9.17, 15) is 9.59 Å². The van der Waals surface area contributed by atoms with Crippen molar-refractivity contribution in [2.24, 2.45) is 5.92 Å². The molecule has 0 amide bonds. The Labute approximate surface area is 120 Å². The van der Waals surface area contributed by atoms with Crippen molar-refractivity contribution < 1.29 is 9.59 Å². The van der Waals surface area contributed by atoms with Crippen molar-refractivity contribution in [2.75, 3.05) is 11.5 Å². The van der Waals surface area contributed by atoms with Gasteiger partial charge in [0.2, 0.25) is 0 Å².